The number of nitrogens with zero attached hydrogens (tertiary/aromatic N) is 1. The molecule has 0 bridgehead atoms. The number of halogens is 1. The monoisotopic (exact) mass is 432 g/mol. The first-order valence-corrected chi connectivity index (χ1v) is 11.6. The predicted octanol–water partition coefficient (Wildman–Crippen LogP) is 4.67. The highest BCUT2D eigenvalue weighted by Gasteiger charge is 2.32. The van der Waals surface area contributed by atoms with Gasteiger partial charge in [-0.1, -0.05) is 31.5 Å². The number of benzene rings is 2. The molecular formula is C23H29FN2O3S. The number of carbonyl (C=O) groups excluding carboxylic acids is 1. The van der Waals surface area contributed by atoms with Crippen molar-refractivity contribution < 1.29 is 17.6 Å². The third kappa shape index (κ3) is 4.57. The first-order valence-electron chi connectivity index (χ1n) is 10.2. The van der Waals surface area contributed by atoms with Crippen LogP contribution >= 0.6 is 0 Å². The molecule has 2 aromatic carbocycles. The molecule has 2 atom stereocenters. The van der Waals surface area contributed by atoms with Gasteiger partial charge in [0.2, 0.25) is 10.0 Å². The highest BCUT2D eigenvalue weighted by atomic mass is 32.2. The summed E-state index contributed by atoms with van der Waals surface area (Å²) in [5, 5.41) is 2.75. The van der Waals surface area contributed by atoms with Crippen LogP contribution in [0.5, 0.6) is 0 Å². The van der Waals surface area contributed by atoms with Gasteiger partial charge >= 0.3 is 0 Å². The van der Waals surface area contributed by atoms with Crippen molar-refractivity contribution in [2.45, 2.75) is 45.9 Å². The predicted molar refractivity (Wildman–Crippen MR) is 117 cm³/mol. The molecule has 0 aliphatic carbocycles. The summed E-state index contributed by atoms with van der Waals surface area (Å²) in [5.74, 6) is -0.923. The van der Waals surface area contributed by atoms with E-state index < -0.39 is 21.7 Å². The molecule has 30 heavy (non-hydrogen) atoms. The second-order valence-electron chi connectivity index (χ2n) is 8.64. The molecule has 162 valence electrons. The van der Waals surface area contributed by atoms with Gasteiger partial charge in [-0.05, 0) is 68.4 Å². The summed E-state index contributed by atoms with van der Waals surface area (Å²) in [7, 11) is -3.81. The lowest BCUT2D eigenvalue weighted by atomic mass is 9.94. The number of sulfonamides is 1. The van der Waals surface area contributed by atoms with Crippen molar-refractivity contribution in [3.8, 4) is 0 Å². The minimum Gasteiger partial charge on any atom is -0.321 e. The largest absolute Gasteiger partial charge is 0.321 e. The minimum absolute atomic E-state index is 0.0623. The van der Waals surface area contributed by atoms with Crippen molar-refractivity contribution in [1.82, 2.24) is 4.31 Å². The standard InChI is InChI=1S/C23H29FN2O3S/c1-14-9-17(4)22(18(5)10-14)25-23(27)20-11-19(6-7-21(20)24)30(28,29)26-12-15(2)8-16(3)13-26/h6-7,9-11,15-16H,8,12-13H2,1-5H3,(H,25,27)/t15-,16+. The topological polar surface area (TPSA) is 66.5 Å². The van der Waals surface area contributed by atoms with Crippen molar-refractivity contribution in [3.63, 3.8) is 0 Å². The molecule has 0 spiro atoms. The summed E-state index contributed by atoms with van der Waals surface area (Å²) in [5.41, 5.74) is 3.11. The van der Waals surface area contributed by atoms with Crippen molar-refractivity contribution in [2.24, 2.45) is 11.8 Å². The SMILES string of the molecule is Cc1cc(C)c(NC(=O)c2cc(S(=O)(=O)N3C[C@H](C)C[C@H](C)C3)ccc2F)c(C)c1. The second-order valence-corrected chi connectivity index (χ2v) is 10.6. The van der Waals surface area contributed by atoms with Crippen LogP contribution < -0.4 is 5.32 Å². The summed E-state index contributed by atoms with van der Waals surface area (Å²) in [4.78, 5) is 12.8. The number of piperidine rings is 1. The Hall–Kier alpha value is -2.25. The number of amides is 1. The maximum Gasteiger partial charge on any atom is 0.258 e. The van der Waals surface area contributed by atoms with Gasteiger partial charge in [0.15, 0.2) is 0 Å². The van der Waals surface area contributed by atoms with E-state index in [9.17, 15) is 17.6 Å². The van der Waals surface area contributed by atoms with E-state index in [0.29, 0.717) is 18.8 Å². The van der Waals surface area contributed by atoms with E-state index in [1.54, 1.807) is 0 Å². The molecule has 1 N–H and O–H groups in total. The van der Waals surface area contributed by atoms with E-state index in [1.807, 2.05) is 46.8 Å². The van der Waals surface area contributed by atoms with Gasteiger partial charge in [0.25, 0.3) is 5.91 Å². The van der Waals surface area contributed by atoms with Gasteiger partial charge in [-0.25, -0.2) is 12.8 Å². The minimum atomic E-state index is -3.81. The van der Waals surface area contributed by atoms with Crippen molar-refractivity contribution in [2.75, 3.05) is 18.4 Å². The molecule has 2 aromatic rings. The van der Waals surface area contributed by atoms with E-state index in [0.717, 1.165) is 35.2 Å². The molecule has 5 nitrogen and oxygen atoms in total. The Morgan fingerprint density at radius 3 is 2.17 bits per heavy atom. The fourth-order valence-corrected chi connectivity index (χ4v) is 6.05. The molecular weight excluding hydrogens is 403 g/mol. The zero-order valence-electron chi connectivity index (χ0n) is 18.1. The Morgan fingerprint density at radius 1 is 1.03 bits per heavy atom. The molecule has 1 aliphatic rings. The summed E-state index contributed by atoms with van der Waals surface area (Å²) >= 11 is 0. The molecule has 1 heterocycles. The molecule has 7 heteroatoms. The van der Waals surface area contributed by atoms with Crippen LogP contribution in [0.25, 0.3) is 0 Å². The van der Waals surface area contributed by atoms with E-state index in [-0.39, 0.29) is 22.3 Å². The maximum absolute atomic E-state index is 14.5. The average Bonchev–Trinajstić information content (AvgIpc) is 2.63. The van der Waals surface area contributed by atoms with Crippen LogP contribution in [0, 0.1) is 38.4 Å². The first-order chi connectivity index (χ1) is 14.0. The van der Waals surface area contributed by atoms with Gasteiger partial charge in [-0.15, -0.1) is 0 Å². The summed E-state index contributed by atoms with van der Waals surface area (Å²) in [6, 6.07) is 7.28. The number of rotatable bonds is 4. The van der Waals surface area contributed by atoms with Crippen LogP contribution in [0.1, 0.15) is 47.3 Å². The van der Waals surface area contributed by atoms with Crippen LogP contribution in [-0.2, 0) is 10.0 Å². The molecule has 0 saturated carbocycles. The molecule has 1 fully saturated rings. The smallest absolute Gasteiger partial charge is 0.258 e. The van der Waals surface area contributed by atoms with Crippen molar-refractivity contribution >= 4 is 21.6 Å². The third-order valence-electron chi connectivity index (χ3n) is 5.57. The molecule has 1 aliphatic heterocycles. The fourth-order valence-electron chi connectivity index (χ4n) is 4.35. The molecule has 1 saturated heterocycles. The van der Waals surface area contributed by atoms with Crippen LogP contribution in [0.4, 0.5) is 10.1 Å². The van der Waals surface area contributed by atoms with Crippen LogP contribution in [-0.4, -0.2) is 31.7 Å². The number of hydrogen-bond donors (Lipinski definition) is 1. The van der Waals surface area contributed by atoms with E-state index in [4.69, 9.17) is 0 Å². The normalized spacial score (nSPS) is 20.2. The Balaban J connectivity index is 1.93. The lowest BCUT2D eigenvalue weighted by Crippen LogP contribution is -2.42. The average molecular weight is 433 g/mol. The van der Waals surface area contributed by atoms with Crippen LogP contribution in [0.15, 0.2) is 35.2 Å². The molecule has 3 rings (SSSR count). The van der Waals surface area contributed by atoms with Crippen LogP contribution in [0.2, 0.25) is 0 Å². The van der Waals surface area contributed by atoms with Gasteiger partial charge in [-0.2, -0.15) is 4.31 Å². The van der Waals surface area contributed by atoms with Gasteiger partial charge in [0.05, 0.1) is 10.5 Å². The number of anilines is 1. The van der Waals surface area contributed by atoms with E-state index >= 15 is 0 Å². The molecule has 0 aromatic heterocycles. The Kier molecular flexibility index (Phi) is 6.34. The number of carbonyl (C=O) groups is 1. The second kappa shape index (κ2) is 8.47. The van der Waals surface area contributed by atoms with E-state index in [1.165, 1.54) is 10.4 Å². The zero-order chi connectivity index (χ0) is 22.2. The Bertz CT molecular complexity index is 1050. The Morgan fingerprint density at radius 2 is 1.60 bits per heavy atom. The molecule has 0 radical (unpaired) electrons. The first kappa shape index (κ1) is 22.4. The van der Waals surface area contributed by atoms with Gasteiger partial charge in [-0.3, -0.25) is 4.79 Å². The molecule has 0 unspecified atom stereocenters. The van der Waals surface area contributed by atoms with Crippen LogP contribution in [0.3, 0.4) is 0 Å². The van der Waals surface area contributed by atoms with E-state index in [2.05, 4.69) is 5.32 Å². The zero-order valence-corrected chi connectivity index (χ0v) is 18.9. The van der Waals surface area contributed by atoms with Gasteiger partial charge < -0.3 is 5.32 Å². The van der Waals surface area contributed by atoms with Crippen molar-refractivity contribution in [3.05, 3.63) is 58.4 Å². The lowest BCUT2D eigenvalue weighted by Gasteiger charge is -2.34. The fraction of sp³-hybridized carbons (Fsp3) is 0.435. The van der Waals surface area contributed by atoms with Crippen molar-refractivity contribution in [1.29, 1.82) is 0 Å². The quantitative estimate of drug-likeness (QED) is 0.763. The summed E-state index contributed by atoms with van der Waals surface area (Å²) < 4.78 is 42.2. The molecule has 1 amide bonds. The maximum atomic E-state index is 14.5. The number of aryl methyl sites for hydroxylation is 3. The summed E-state index contributed by atoms with van der Waals surface area (Å²) in [6.45, 7) is 10.6. The third-order valence-corrected chi connectivity index (χ3v) is 7.40. The van der Waals surface area contributed by atoms with Gasteiger partial charge in [0, 0.05) is 18.8 Å². The Labute approximate surface area is 178 Å². The number of nitrogens with one attached hydrogen (secondary N) is 1. The highest BCUT2D eigenvalue weighted by Crippen LogP contribution is 2.28. The lowest BCUT2D eigenvalue weighted by molar-refractivity contribution is 0.102. The summed E-state index contributed by atoms with van der Waals surface area (Å²) in [6.07, 6.45) is 0.971. The highest BCUT2D eigenvalue weighted by molar-refractivity contribution is 7.89. The number of hydrogen-bond acceptors (Lipinski definition) is 3. The van der Waals surface area contributed by atoms with Gasteiger partial charge in [0.1, 0.15) is 5.82 Å².